The molecule has 0 spiro atoms. The second-order valence-electron chi connectivity index (χ2n) is 6.24. The first-order chi connectivity index (χ1) is 12.9. The molecule has 0 atom stereocenters. The lowest BCUT2D eigenvalue weighted by Crippen LogP contribution is -2.34. The van der Waals surface area contributed by atoms with Crippen LogP contribution in [0.25, 0.3) is 10.8 Å². The first-order valence-electron chi connectivity index (χ1n) is 8.50. The molecule has 3 rings (SSSR count). The van der Waals surface area contributed by atoms with Crippen molar-refractivity contribution >= 4 is 55.6 Å². The fourth-order valence-corrected chi connectivity index (χ4v) is 3.26. The monoisotopic (exact) mass is 442 g/mol. The van der Waals surface area contributed by atoms with Gasteiger partial charge in [0.25, 0.3) is 5.91 Å². The van der Waals surface area contributed by atoms with Gasteiger partial charge >= 0.3 is 0 Å². The number of fused-ring (bicyclic) bond motifs is 1. The molecule has 0 aliphatic carbocycles. The summed E-state index contributed by atoms with van der Waals surface area (Å²) in [5.41, 5.74) is 1.26. The lowest BCUT2D eigenvalue weighted by Gasteiger charge is -2.16. The summed E-state index contributed by atoms with van der Waals surface area (Å²) in [6.45, 7) is 3.83. The van der Waals surface area contributed by atoms with Gasteiger partial charge in [-0.1, -0.05) is 52.3 Å². The highest BCUT2D eigenvalue weighted by Gasteiger charge is 2.16. The Hall–Kier alpha value is -2.44. The lowest BCUT2D eigenvalue weighted by molar-refractivity contribution is 0.0972. The van der Waals surface area contributed by atoms with E-state index in [-0.39, 0.29) is 17.1 Å². The number of hydrogen-bond donors (Lipinski definition) is 2. The van der Waals surface area contributed by atoms with Gasteiger partial charge in [-0.25, -0.2) is 0 Å². The van der Waals surface area contributed by atoms with Crippen LogP contribution in [0.15, 0.2) is 65.1 Å². The third-order valence-electron chi connectivity index (χ3n) is 3.81. The third-order valence-corrected chi connectivity index (χ3v) is 4.51. The molecule has 1 amide bonds. The van der Waals surface area contributed by atoms with Gasteiger partial charge in [0, 0.05) is 15.5 Å². The van der Waals surface area contributed by atoms with Crippen molar-refractivity contribution in [1.82, 2.24) is 5.32 Å². The molecule has 0 saturated heterocycles. The van der Waals surface area contributed by atoms with Crippen LogP contribution in [0.2, 0.25) is 0 Å². The van der Waals surface area contributed by atoms with Crippen molar-refractivity contribution in [3.63, 3.8) is 0 Å². The van der Waals surface area contributed by atoms with Crippen molar-refractivity contribution in [3.05, 3.63) is 70.7 Å². The van der Waals surface area contributed by atoms with Crippen LogP contribution in [0.5, 0.6) is 5.75 Å². The van der Waals surface area contributed by atoms with Gasteiger partial charge in [0.05, 0.1) is 11.7 Å². The number of hydrogen-bond acceptors (Lipinski definition) is 3. The Morgan fingerprint density at radius 2 is 1.81 bits per heavy atom. The first-order valence-corrected chi connectivity index (χ1v) is 9.70. The molecule has 0 bridgehead atoms. The van der Waals surface area contributed by atoms with Gasteiger partial charge in [-0.2, -0.15) is 0 Å². The van der Waals surface area contributed by atoms with E-state index in [1.807, 2.05) is 62.4 Å². The van der Waals surface area contributed by atoms with Crippen molar-refractivity contribution in [2.45, 2.75) is 20.0 Å². The normalized spacial score (nSPS) is 10.7. The van der Waals surface area contributed by atoms with Gasteiger partial charge in [0.2, 0.25) is 0 Å². The molecule has 0 saturated carbocycles. The number of rotatable bonds is 4. The maximum atomic E-state index is 12.7. The number of amides is 1. The van der Waals surface area contributed by atoms with Crippen molar-refractivity contribution < 1.29 is 9.53 Å². The summed E-state index contributed by atoms with van der Waals surface area (Å²) in [4.78, 5) is 12.7. The Balaban J connectivity index is 1.78. The second kappa shape index (κ2) is 8.50. The van der Waals surface area contributed by atoms with Crippen LogP contribution in [0.1, 0.15) is 24.2 Å². The smallest absolute Gasteiger partial charge is 0.261 e. The maximum Gasteiger partial charge on any atom is 0.261 e. The summed E-state index contributed by atoms with van der Waals surface area (Å²) in [5, 5.41) is 8.19. The number of benzene rings is 3. The number of halogens is 1. The number of anilines is 1. The Bertz CT molecular complexity index is 999. The Kier molecular flexibility index (Phi) is 6.08. The molecule has 0 aliphatic heterocycles. The van der Waals surface area contributed by atoms with Gasteiger partial charge < -0.3 is 10.1 Å². The molecule has 4 nitrogen and oxygen atoms in total. The number of carbonyl (C=O) groups is 1. The highest BCUT2D eigenvalue weighted by molar-refractivity contribution is 9.10. The van der Waals surface area contributed by atoms with Crippen molar-refractivity contribution in [2.75, 3.05) is 5.32 Å². The summed E-state index contributed by atoms with van der Waals surface area (Å²) in [6, 6.07) is 19.2. The van der Waals surface area contributed by atoms with E-state index < -0.39 is 0 Å². The summed E-state index contributed by atoms with van der Waals surface area (Å²) in [6.07, 6.45) is -0.0431. The van der Waals surface area contributed by atoms with E-state index in [0.29, 0.717) is 11.3 Å². The van der Waals surface area contributed by atoms with Crippen LogP contribution in [0, 0.1) is 0 Å². The Morgan fingerprint density at radius 3 is 2.59 bits per heavy atom. The minimum atomic E-state index is -0.329. The van der Waals surface area contributed by atoms with E-state index in [1.165, 1.54) is 0 Å². The Morgan fingerprint density at radius 1 is 1.07 bits per heavy atom. The van der Waals surface area contributed by atoms with E-state index >= 15 is 0 Å². The number of thiocarbonyl (C=S) groups is 1. The minimum absolute atomic E-state index is 0.0431. The van der Waals surface area contributed by atoms with Gasteiger partial charge in [0.15, 0.2) is 5.11 Å². The zero-order chi connectivity index (χ0) is 19.4. The first kappa shape index (κ1) is 19.3. The predicted molar refractivity (Wildman–Crippen MR) is 118 cm³/mol. The number of carbonyl (C=O) groups excluding carboxylic acids is 1. The van der Waals surface area contributed by atoms with Crippen LogP contribution >= 0.6 is 28.1 Å². The molecule has 138 valence electrons. The second-order valence-corrected chi connectivity index (χ2v) is 7.57. The quantitative estimate of drug-likeness (QED) is 0.522. The fourth-order valence-electron chi connectivity index (χ4n) is 2.69. The van der Waals surface area contributed by atoms with Crippen molar-refractivity contribution in [1.29, 1.82) is 0 Å². The predicted octanol–water partition coefficient (Wildman–Crippen LogP) is 5.52. The van der Waals surface area contributed by atoms with Gasteiger partial charge in [-0.3, -0.25) is 10.1 Å². The average molecular weight is 443 g/mol. The fraction of sp³-hybridized carbons (Fsp3) is 0.143. The summed E-state index contributed by atoms with van der Waals surface area (Å²) >= 11 is 8.74. The molecule has 3 aromatic carbocycles. The van der Waals surface area contributed by atoms with E-state index in [0.717, 1.165) is 20.9 Å². The molecule has 0 heterocycles. The third kappa shape index (κ3) is 4.84. The van der Waals surface area contributed by atoms with Gasteiger partial charge in [0.1, 0.15) is 5.75 Å². The van der Waals surface area contributed by atoms with E-state index in [2.05, 4.69) is 26.6 Å². The Labute approximate surface area is 172 Å². The summed E-state index contributed by atoms with van der Waals surface area (Å²) in [7, 11) is 0. The molecule has 6 heteroatoms. The zero-order valence-electron chi connectivity index (χ0n) is 15.0. The SMILES string of the molecule is CC(C)Oc1ccc(Br)cc1C(=O)NC(=S)Nc1cccc2ccccc12. The van der Waals surface area contributed by atoms with Crippen LogP contribution in [-0.2, 0) is 0 Å². The molecular formula is C21H19BrN2O2S. The molecule has 0 unspecified atom stereocenters. The van der Waals surface area contributed by atoms with Crippen molar-refractivity contribution in [2.24, 2.45) is 0 Å². The number of ether oxygens (including phenoxy) is 1. The topological polar surface area (TPSA) is 50.4 Å². The molecule has 3 aromatic rings. The summed E-state index contributed by atoms with van der Waals surface area (Å²) < 4.78 is 6.52. The largest absolute Gasteiger partial charge is 0.490 e. The number of nitrogens with one attached hydrogen (secondary N) is 2. The minimum Gasteiger partial charge on any atom is -0.490 e. The molecule has 27 heavy (non-hydrogen) atoms. The molecule has 2 N–H and O–H groups in total. The average Bonchev–Trinajstić information content (AvgIpc) is 2.63. The van der Waals surface area contributed by atoms with Crippen LogP contribution in [0.4, 0.5) is 5.69 Å². The van der Waals surface area contributed by atoms with Crippen LogP contribution < -0.4 is 15.4 Å². The molecule has 0 radical (unpaired) electrons. The van der Waals surface area contributed by atoms with Gasteiger partial charge in [-0.05, 0) is 55.7 Å². The molecular weight excluding hydrogens is 424 g/mol. The van der Waals surface area contributed by atoms with E-state index in [9.17, 15) is 4.79 Å². The summed E-state index contributed by atoms with van der Waals surface area (Å²) in [5.74, 6) is 0.184. The zero-order valence-corrected chi connectivity index (χ0v) is 17.4. The van der Waals surface area contributed by atoms with Crippen LogP contribution in [-0.4, -0.2) is 17.1 Å². The molecule has 0 aliphatic rings. The van der Waals surface area contributed by atoms with Crippen LogP contribution in [0.3, 0.4) is 0 Å². The standard InChI is InChI=1S/C21H19BrN2O2S/c1-13(2)26-19-11-10-15(22)12-17(19)20(25)24-21(27)23-18-9-5-7-14-6-3-4-8-16(14)18/h3-13H,1-2H3,(H2,23,24,25,27). The van der Waals surface area contributed by atoms with Crippen molar-refractivity contribution in [3.8, 4) is 5.75 Å². The molecule has 0 fully saturated rings. The van der Waals surface area contributed by atoms with Gasteiger partial charge in [-0.15, -0.1) is 0 Å². The highest BCUT2D eigenvalue weighted by Crippen LogP contribution is 2.25. The lowest BCUT2D eigenvalue weighted by atomic mass is 10.1. The van der Waals surface area contributed by atoms with E-state index in [4.69, 9.17) is 17.0 Å². The molecule has 0 aromatic heterocycles. The highest BCUT2D eigenvalue weighted by atomic mass is 79.9. The van der Waals surface area contributed by atoms with E-state index in [1.54, 1.807) is 12.1 Å². The maximum absolute atomic E-state index is 12.7.